The molecule has 2 rings (SSSR count). The van der Waals surface area contributed by atoms with Crippen molar-refractivity contribution in [2.45, 2.75) is 18.7 Å². The summed E-state index contributed by atoms with van der Waals surface area (Å²) in [6, 6.07) is 9.56. The van der Waals surface area contributed by atoms with Gasteiger partial charge in [0.2, 0.25) is 5.91 Å². The summed E-state index contributed by atoms with van der Waals surface area (Å²) in [4.78, 5) is 24.6. The van der Waals surface area contributed by atoms with Crippen molar-refractivity contribution in [1.82, 2.24) is 10.9 Å². The van der Waals surface area contributed by atoms with Crippen LogP contribution < -0.4 is 10.9 Å². The van der Waals surface area contributed by atoms with E-state index >= 15 is 0 Å². The third kappa shape index (κ3) is 4.82. The molecule has 0 fully saturated rings. The van der Waals surface area contributed by atoms with Crippen LogP contribution in [0.3, 0.4) is 0 Å². The fourth-order valence-corrected chi connectivity index (χ4v) is 3.29. The van der Waals surface area contributed by atoms with E-state index in [1.165, 1.54) is 30.0 Å². The Morgan fingerprint density at radius 2 is 1.83 bits per heavy atom. The maximum absolute atomic E-state index is 13.5. The van der Waals surface area contributed by atoms with Gasteiger partial charge in [0.1, 0.15) is 5.82 Å². The number of carbonyl (C=O) groups is 2. The van der Waals surface area contributed by atoms with Gasteiger partial charge in [-0.25, -0.2) is 4.39 Å². The number of hydrogen-bond acceptors (Lipinski definition) is 3. The minimum Gasteiger partial charge on any atom is -0.272 e. The van der Waals surface area contributed by atoms with Crippen LogP contribution >= 0.6 is 27.7 Å². The normalized spacial score (nSPS) is 10.3. The second-order valence-corrected chi connectivity index (χ2v) is 7.01. The minimum atomic E-state index is -0.692. The number of nitrogens with one attached hydrogen (secondary N) is 2. The van der Waals surface area contributed by atoms with Crippen molar-refractivity contribution in [2.24, 2.45) is 0 Å². The van der Waals surface area contributed by atoms with Crippen molar-refractivity contribution in [3.8, 4) is 0 Å². The van der Waals surface area contributed by atoms with Crippen LogP contribution in [-0.2, 0) is 4.79 Å². The Kier molecular flexibility index (Phi) is 6.39. The molecule has 0 heterocycles. The maximum Gasteiger partial charge on any atom is 0.272 e. The monoisotopic (exact) mass is 410 g/mol. The zero-order chi connectivity index (χ0) is 17.7. The van der Waals surface area contributed by atoms with Gasteiger partial charge in [-0.05, 0) is 49.2 Å². The molecular weight excluding hydrogens is 395 g/mol. The first-order chi connectivity index (χ1) is 11.4. The molecule has 0 radical (unpaired) electrons. The molecule has 0 saturated carbocycles. The average molecular weight is 411 g/mol. The second-order valence-electron chi connectivity index (χ2n) is 5.14. The van der Waals surface area contributed by atoms with Gasteiger partial charge in [0.25, 0.3) is 5.91 Å². The number of benzene rings is 2. The molecule has 0 aromatic heterocycles. The molecular formula is C17H16BrFN2O2S. The van der Waals surface area contributed by atoms with Crippen LogP contribution in [-0.4, -0.2) is 17.6 Å². The summed E-state index contributed by atoms with van der Waals surface area (Å²) in [6.07, 6.45) is 0. The lowest BCUT2D eigenvalue weighted by Gasteiger charge is -2.10. The van der Waals surface area contributed by atoms with Gasteiger partial charge in [0.05, 0.1) is 11.3 Å². The number of rotatable bonds is 4. The van der Waals surface area contributed by atoms with E-state index in [1.54, 1.807) is 6.07 Å². The minimum absolute atomic E-state index is 0.121. The molecule has 2 amide bonds. The first-order valence-electron chi connectivity index (χ1n) is 7.11. The molecule has 0 aliphatic rings. The Morgan fingerprint density at radius 1 is 1.12 bits per heavy atom. The highest BCUT2D eigenvalue weighted by atomic mass is 79.9. The molecule has 7 heteroatoms. The number of hydrazine groups is 1. The number of halogens is 2. The summed E-state index contributed by atoms with van der Waals surface area (Å²) in [5, 5.41) is 0. The van der Waals surface area contributed by atoms with Crippen molar-refractivity contribution >= 4 is 39.5 Å². The molecule has 4 nitrogen and oxygen atoms in total. The van der Waals surface area contributed by atoms with Gasteiger partial charge in [-0.2, -0.15) is 0 Å². The molecule has 24 heavy (non-hydrogen) atoms. The highest BCUT2D eigenvalue weighted by Gasteiger charge is 2.12. The fourth-order valence-electron chi connectivity index (χ4n) is 1.93. The van der Waals surface area contributed by atoms with Crippen LogP contribution in [0.1, 0.15) is 21.5 Å². The van der Waals surface area contributed by atoms with Crippen LogP contribution in [0.5, 0.6) is 0 Å². The van der Waals surface area contributed by atoms with E-state index in [9.17, 15) is 14.0 Å². The van der Waals surface area contributed by atoms with Gasteiger partial charge in [-0.1, -0.05) is 28.1 Å². The quantitative estimate of drug-likeness (QED) is 0.595. The molecule has 0 spiro atoms. The molecule has 2 N–H and O–H groups in total. The third-order valence-electron chi connectivity index (χ3n) is 3.25. The SMILES string of the molecule is Cc1cc(SCC(=O)NNC(=O)c2ccccc2F)c(C)cc1Br. The lowest BCUT2D eigenvalue weighted by molar-refractivity contribution is -0.119. The molecule has 0 aliphatic carbocycles. The van der Waals surface area contributed by atoms with E-state index in [2.05, 4.69) is 26.8 Å². The smallest absolute Gasteiger partial charge is 0.272 e. The van der Waals surface area contributed by atoms with Gasteiger partial charge in [-0.3, -0.25) is 20.4 Å². The largest absolute Gasteiger partial charge is 0.272 e. The van der Waals surface area contributed by atoms with Crippen molar-refractivity contribution in [1.29, 1.82) is 0 Å². The zero-order valence-corrected chi connectivity index (χ0v) is 15.6. The van der Waals surface area contributed by atoms with Crippen LogP contribution in [0.2, 0.25) is 0 Å². The van der Waals surface area contributed by atoms with Crippen molar-refractivity contribution < 1.29 is 14.0 Å². The van der Waals surface area contributed by atoms with Crippen LogP contribution in [0, 0.1) is 19.7 Å². The summed E-state index contributed by atoms with van der Waals surface area (Å²) in [7, 11) is 0. The number of carbonyl (C=O) groups excluding carboxylic acids is 2. The molecule has 0 atom stereocenters. The first-order valence-corrected chi connectivity index (χ1v) is 8.89. The molecule has 2 aromatic carbocycles. The lowest BCUT2D eigenvalue weighted by atomic mass is 10.2. The van der Waals surface area contributed by atoms with E-state index in [4.69, 9.17) is 0 Å². The molecule has 0 saturated heterocycles. The standard InChI is InChI=1S/C17H16BrFN2O2S/c1-10-8-15(11(2)7-13(10)18)24-9-16(22)20-21-17(23)12-5-3-4-6-14(12)19/h3-8H,9H2,1-2H3,(H,20,22)(H,21,23). The number of aryl methyl sites for hydroxylation is 2. The number of hydrogen-bond donors (Lipinski definition) is 2. The molecule has 2 aromatic rings. The van der Waals surface area contributed by atoms with Crippen LogP contribution in [0.15, 0.2) is 45.8 Å². The van der Waals surface area contributed by atoms with Gasteiger partial charge in [0.15, 0.2) is 0 Å². The highest BCUT2D eigenvalue weighted by Crippen LogP contribution is 2.28. The zero-order valence-electron chi connectivity index (χ0n) is 13.2. The van der Waals surface area contributed by atoms with E-state index < -0.39 is 11.7 Å². The predicted molar refractivity (Wildman–Crippen MR) is 96.3 cm³/mol. The molecule has 0 aliphatic heterocycles. The van der Waals surface area contributed by atoms with Crippen molar-refractivity contribution in [2.75, 3.05) is 5.75 Å². The summed E-state index contributed by atoms with van der Waals surface area (Å²) < 4.78 is 14.5. The molecule has 0 bridgehead atoms. The Labute approximate surface area is 152 Å². The topological polar surface area (TPSA) is 58.2 Å². The highest BCUT2D eigenvalue weighted by molar-refractivity contribution is 9.10. The van der Waals surface area contributed by atoms with Gasteiger partial charge < -0.3 is 0 Å². The second kappa shape index (κ2) is 8.30. The Balaban J connectivity index is 1.87. The molecule has 126 valence electrons. The summed E-state index contributed by atoms with van der Waals surface area (Å²) in [6.45, 7) is 3.94. The summed E-state index contributed by atoms with van der Waals surface area (Å²) in [5.41, 5.74) is 6.52. The van der Waals surface area contributed by atoms with Crippen LogP contribution in [0.4, 0.5) is 4.39 Å². The fraction of sp³-hybridized carbons (Fsp3) is 0.176. The maximum atomic E-state index is 13.5. The Hall–Kier alpha value is -1.86. The van der Waals surface area contributed by atoms with Gasteiger partial charge >= 0.3 is 0 Å². The van der Waals surface area contributed by atoms with E-state index in [1.807, 2.05) is 26.0 Å². The lowest BCUT2D eigenvalue weighted by Crippen LogP contribution is -2.42. The van der Waals surface area contributed by atoms with E-state index in [0.717, 1.165) is 20.5 Å². The number of thioether (sulfide) groups is 1. The average Bonchev–Trinajstić information content (AvgIpc) is 2.55. The first kappa shape index (κ1) is 18.5. The third-order valence-corrected chi connectivity index (χ3v) is 5.26. The Morgan fingerprint density at radius 3 is 2.54 bits per heavy atom. The summed E-state index contributed by atoms with van der Waals surface area (Å²) in [5.74, 6) is -1.56. The predicted octanol–water partition coefficient (Wildman–Crippen LogP) is 3.76. The van der Waals surface area contributed by atoms with Gasteiger partial charge in [-0.15, -0.1) is 11.8 Å². The summed E-state index contributed by atoms with van der Waals surface area (Å²) >= 11 is 4.83. The van der Waals surface area contributed by atoms with Gasteiger partial charge in [0, 0.05) is 9.37 Å². The van der Waals surface area contributed by atoms with E-state index in [0.29, 0.717) is 0 Å². The number of amides is 2. The van der Waals surface area contributed by atoms with Crippen molar-refractivity contribution in [3.63, 3.8) is 0 Å². The Bertz CT molecular complexity index is 783. The van der Waals surface area contributed by atoms with E-state index in [-0.39, 0.29) is 17.2 Å². The van der Waals surface area contributed by atoms with Crippen molar-refractivity contribution in [3.05, 3.63) is 63.4 Å². The molecule has 0 unspecified atom stereocenters. The van der Waals surface area contributed by atoms with Crippen LogP contribution in [0.25, 0.3) is 0 Å².